The highest BCUT2D eigenvalue weighted by Crippen LogP contribution is 2.35. The molecule has 0 fully saturated rings. The van der Waals surface area contributed by atoms with Crippen molar-refractivity contribution in [2.45, 2.75) is 26.3 Å². The molecule has 116 valence electrons. The third-order valence-electron chi connectivity index (χ3n) is 4.02. The average molecular weight is 300 g/mol. The van der Waals surface area contributed by atoms with Gasteiger partial charge in [0.1, 0.15) is 13.2 Å². The molecule has 0 saturated heterocycles. The fourth-order valence-corrected chi connectivity index (χ4v) is 2.63. The van der Waals surface area contributed by atoms with Gasteiger partial charge in [0.25, 0.3) is 5.56 Å². The summed E-state index contributed by atoms with van der Waals surface area (Å²) in [6, 6.07) is 9.35. The highest BCUT2D eigenvalue weighted by atomic mass is 16.6. The predicted molar refractivity (Wildman–Crippen MR) is 86.5 cm³/mol. The molecule has 5 nitrogen and oxygen atoms in total. The number of nitrogens with two attached hydrogens (primary N) is 1. The minimum absolute atomic E-state index is 0.0687. The van der Waals surface area contributed by atoms with Crippen molar-refractivity contribution in [1.29, 1.82) is 0 Å². The summed E-state index contributed by atoms with van der Waals surface area (Å²) >= 11 is 0. The second-order valence-corrected chi connectivity index (χ2v) is 5.46. The van der Waals surface area contributed by atoms with Gasteiger partial charge >= 0.3 is 0 Å². The largest absolute Gasteiger partial charge is 0.486 e. The summed E-state index contributed by atoms with van der Waals surface area (Å²) in [7, 11) is 0. The standard InChI is InChI=1S/C17H20N2O3/c1-3-11(2)19-14(6-5-13(18)17(19)20)12-4-7-15-16(10-12)22-9-8-21-15/h4-7,10-11H,3,8-9,18H2,1-2H3. The summed E-state index contributed by atoms with van der Waals surface area (Å²) in [5.41, 5.74) is 7.66. The van der Waals surface area contributed by atoms with Crippen LogP contribution in [-0.2, 0) is 0 Å². The second-order valence-electron chi connectivity index (χ2n) is 5.46. The summed E-state index contributed by atoms with van der Waals surface area (Å²) in [5, 5.41) is 0. The van der Waals surface area contributed by atoms with E-state index in [0.717, 1.165) is 23.4 Å². The molecule has 2 N–H and O–H groups in total. The van der Waals surface area contributed by atoms with Gasteiger partial charge in [0.05, 0.1) is 11.4 Å². The maximum atomic E-state index is 12.4. The molecule has 0 amide bonds. The van der Waals surface area contributed by atoms with Gasteiger partial charge in [0.2, 0.25) is 0 Å². The van der Waals surface area contributed by atoms with Gasteiger partial charge in [-0.1, -0.05) is 6.92 Å². The lowest BCUT2D eigenvalue weighted by atomic mass is 10.1. The number of aromatic nitrogens is 1. The van der Waals surface area contributed by atoms with Gasteiger partial charge in [0.15, 0.2) is 11.5 Å². The first-order valence-corrected chi connectivity index (χ1v) is 7.53. The zero-order valence-electron chi connectivity index (χ0n) is 12.8. The fourth-order valence-electron chi connectivity index (χ4n) is 2.63. The van der Waals surface area contributed by atoms with E-state index >= 15 is 0 Å². The number of pyridine rings is 1. The molecule has 1 aliphatic heterocycles. The number of hydrogen-bond donors (Lipinski definition) is 1. The van der Waals surface area contributed by atoms with E-state index in [0.29, 0.717) is 19.0 Å². The van der Waals surface area contributed by atoms with Crippen LogP contribution in [0.15, 0.2) is 35.1 Å². The van der Waals surface area contributed by atoms with Crippen molar-refractivity contribution >= 4 is 5.69 Å². The quantitative estimate of drug-likeness (QED) is 0.946. The lowest BCUT2D eigenvalue weighted by molar-refractivity contribution is 0.171. The molecule has 1 aromatic heterocycles. The third kappa shape index (κ3) is 2.43. The SMILES string of the molecule is CCC(C)n1c(-c2ccc3c(c2)OCCO3)ccc(N)c1=O. The summed E-state index contributed by atoms with van der Waals surface area (Å²) < 4.78 is 12.9. The molecule has 5 heteroatoms. The van der Waals surface area contributed by atoms with Gasteiger partial charge < -0.3 is 19.8 Å². The second kappa shape index (κ2) is 5.75. The smallest absolute Gasteiger partial charge is 0.274 e. The Morgan fingerprint density at radius 1 is 1.18 bits per heavy atom. The first-order valence-electron chi connectivity index (χ1n) is 7.53. The molecular weight excluding hydrogens is 280 g/mol. The Hall–Kier alpha value is -2.43. The third-order valence-corrected chi connectivity index (χ3v) is 4.02. The maximum Gasteiger partial charge on any atom is 0.274 e. The van der Waals surface area contributed by atoms with Crippen LogP contribution in [0.1, 0.15) is 26.3 Å². The van der Waals surface area contributed by atoms with E-state index in [1.807, 2.05) is 38.1 Å². The molecule has 22 heavy (non-hydrogen) atoms. The number of nitrogen functional groups attached to an aromatic ring is 1. The van der Waals surface area contributed by atoms with Crippen molar-refractivity contribution in [3.05, 3.63) is 40.7 Å². The molecule has 1 aromatic carbocycles. The van der Waals surface area contributed by atoms with Crippen LogP contribution in [-0.4, -0.2) is 17.8 Å². The number of ether oxygens (including phenoxy) is 2. The minimum atomic E-state index is -0.151. The van der Waals surface area contributed by atoms with Crippen molar-refractivity contribution in [3.8, 4) is 22.8 Å². The maximum absolute atomic E-state index is 12.4. The molecule has 1 unspecified atom stereocenters. The van der Waals surface area contributed by atoms with E-state index in [1.54, 1.807) is 10.6 Å². The van der Waals surface area contributed by atoms with Crippen molar-refractivity contribution < 1.29 is 9.47 Å². The van der Waals surface area contributed by atoms with Crippen LogP contribution in [0.2, 0.25) is 0 Å². The number of hydrogen-bond acceptors (Lipinski definition) is 4. The summed E-state index contributed by atoms with van der Waals surface area (Å²) in [6.45, 7) is 5.17. The number of nitrogens with zero attached hydrogens (tertiary/aromatic N) is 1. The van der Waals surface area contributed by atoms with Gasteiger partial charge in [-0.25, -0.2) is 0 Å². The molecule has 3 rings (SSSR count). The Morgan fingerprint density at radius 3 is 2.64 bits per heavy atom. The highest BCUT2D eigenvalue weighted by molar-refractivity contribution is 5.66. The molecule has 2 aromatic rings. The van der Waals surface area contributed by atoms with E-state index in [-0.39, 0.29) is 17.3 Å². The normalized spacial score (nSPS) is 14.6. The Kier molecular flexibility index (Phi) is 3.79. The predicted octanol–water partition coefficient (Wildman–Crippen LogP) is 2.84. The summed E-state index contributed by atoms with van der Waals surface area (Å²) in [6.07, 6.45) is 0.848. The van der Waals surface area contributed by atoms with Crippen LogP contribution >= 0.6 is 0 Å². The van der Waals surface area contributed by atoms with Crippen LogP contribution in [0.4, 0.5) is 5.69 Å². The number of rotatable bonds is 3. The van der Waals surface area contributed by atoms with Gasteiger partial charge in [0, 0.05) is 11.6 Å². The highest BCUT2D eigenvalue weighted by Gasteiger charge is 2.17. The topological polar surface area (TPSA) is 66.5 Å². The Balaban J connectivity index is 2.16. The van der Waals surface area contributed by atoms with Crippen molar-refractivity contribution in [2.75, 3.05) is 18.9 Å². The lowest BCUT2D eigenvalue weighted by Crippen LogP contribution is -2.26. The van der Waals surface area contributed by atoms with E-state index in [1.165, 1.54) is 0 Å². The Labute approximate surface area is 129 Å². The monoisotopic (exact) mass is 300 g/mol. The zero-order chi connectivity index (χ0) is 15.7. The van der Waals surface area contributed by atoms with E-state index in [2.05, 4.69) is 0 Å². The number of anilines is 1. The van der Waals surface area contributed by atoms with Gasteiger partial charge in [-0.05, 0) is 43.7 Å². The zero-order valence-corrected chi connectivity index (χ0v) is 12.8. The molecule has 0 radical (unpaired) electrons. The Bertz CT molecular complexity index is 752. The van der Waals surface area contributed by atoms with E-state index in [9.17, 15) is 4.79 Å². The first kappa shape index (κ1) is 14.5. The van der Waals surface area contributed by atoms with Crippen LogP contribution in [0.5, 0.6) is 11.5 Å². The van der Waals surface area contributed by atoms with Gasteiger partial charge in [-0.15, -0.1) is 0 Å². The molecular formula is C17H20N2O3. The van der Waals surface area contributed by atoms with Crippen LogP contribution in [0.3, 0.4) is 0 Å². The first-order chi connectivity index (χ1) is 10.6. The van der Waals surface area contributed by atoms with E-state index < -0.39 is 0 Å². The molecule has 0 spiro atoms. The Morgan fingerprint density at radius 2 is 1.91 bits per heavy atom. The minimum Gasteiger partial charge on any atom is -0.486 e. The molecule has 1 aliphatic rings. The van der Waals surface area contributed by atoms with Crippen LogP contribution in [0, 0.1) is 0 Å². The number of fused-ring (bicyclic) bond motifs is 1. The van der Waals surface area contributed by atoms with Crippen LogP contribution in [0.25, 0.3) is 11.3 Å². The lowest BCUT2D eigenvalue weighted by Gasteiger charge is -2.22. The van der Waals surface area contributed by atoms with Crippen molar-refractivity contribution in [3.63, 3.8) is 0 Å². The molecule has 0 bridgehead atoms. The fraction of sp³-hybridized carbons (Fsp3) is 0.353. The molecule has 2 heterocycles. The van der Waals surface area contributed by atoms with Crippen molar-refractivity contribution in [1.82, 2.24) is 4.57 Å². The van der Waals surface area contributed by atoms with Crippen LogP contribution < -0.4 is 20.8 Å². The van der Waals surface area contributed by atoms with Crippen molar-refractivity contribution in [2.24, 2.45) is 0 Å². The molecule has 0 saturated carbocycles. The van der Waals surface area contributed by atoms with Gasteiger partial charge in [-0.3, -0.25) is 4.79 Å². The summed E-state index contributed by atoms with van der Waals surface area (Å²) in [5.74, 6) is 1.45. The number of benzene rings is 1. The molecule has 0 aliphatic carbocycles. The average Bonchev–Trinajstić information content (AvgIpc) is 2.56. The molecule has 1 atom stereocenters. The van der Waals surface area contributed by atoms with Gasteiger partial charge in [-0.2, -0.15) is 0 Å². The van der Waals surface area contributed by atoms with E-state index in [4.69, 9.17) is 15.2 Å². The summed E-state index contributed by atoms with van der Waals surface area (Å²) in [4.78, 5) is 12.4.